The number of carbonyl (C=O) groups excluding carboxylic acids is 1. The Balaban J connectivity index is 1.96. The summed E-state index contributed by atoms with van der Waals surface area (Å²) in [7, 11) is 0. The Morgan fingerprint density at radius 2 is 2.24 bits per heavy atom. The van der Waals surface area contributed by atoms with E-state index >= 15 is 0 Å². The van der Waals surface area contributed by atoms with Gasteiger partial charge in [0.15, 0.2) is 22.4 Å². The number of carbonyl (C=O) groups is 1. The molecule has 29 heavy (non-hydrogen) atoms. The van der Waals surface area contributed by atoms with E-state index in [9.17, 15) is 14.0 Å². The zero-order valence-corrected chi connectivity index (χ0v) is 16.8. The van der Waals surface area contributed by atoms with Crippen molar-refractivity contribution in [2.45, 2.75) is 19.9 Å². The number of aromatic nitrogens is 3. The van der Waals surface area contributed by atoms with E-state index < -0.39 is 17.2 Å². The fourth-order valence-electron chi connectivity index (χ4n) is 3.44. The summed E-state index contributed by atoms with van der Waals surface area (Å²) < 4.78 is 21.4. The average Bonchev–Trinajstić information content (AvgIpc) is 3.33. The quantitative estimate of drug-likeness (QED) is 0.647. The number of hydrogen-bond donors (Lipinski definition) is 1. The summed E-state index contributed by atoms with van der Waals surface area (Å²) in [5.41, 5.74) is 5.48. The fraction of sp³-hybridized carbons (Fsp3) is 0.368. The van der Waals surface area contributed by atoms with E-state index in [1.165, 1.54) is 22.1 Å². The van der Waals surface area contributed by atoms with E-state index in [4.69, 9.17) is 10.5 Å². The summed E-state index contributed by atoms with van der Waals surface area (Å²) in [5.74, 6) is -1.08. The molecule has 1 saturated heterocycles. The number of pyridine rings is 2. The van der Waals surface area contributed by atoms with Gasteiger partial charge in [-0.15, -0.1) is 11.3 Å². The van der Waals surface area contributed by atoms with E-state index in [0.717, 1.165) is 6.07 Å². The molecule has 152 valence electrons. The molecule has 1 fully saturated rings. The molecule has 1 aliphatic rings. The van der Waals surface area contributed by atoms with Gasteiger partial charge in [0.2, 0.25) is 5.43 Å². The van der Waals surface area contributed by atoms with Crippen molar-refractivity contribution < 1.29 is 13.9 Å². The summed E-state index contributed by atoms with van der Waals surface area (Å²) in [5, 5.41) is 2.25. The lowest BCUT2D eigenvalue weighted by Crippen LogP contribution is -2.29. The lowest BCUT2D eigenvalue weighted by atomic mass is 10.1. The maximum atomic E-state index is 14.9. The molecule has 1 aliphatic heterocycles. The molecule has 4 rings (SSSR count). The molecule has 4 heterocycles. The third kappa shape index (κ3) is 3.38. The summed E-state index contributed by atoms with van der Waals surface area (Å²) in [6, 6.07) is 1.04. The van der Waals surface area contributed by atoms with Crippen molar-refractivity contribution >= 4 is 34.2 Å². The molecule has 3 aromatic heterocycles. The Kier molecular flexibility index (Phi) is 5.05. The molecule has 0 unspecified atom stereocenters. The van der Waals surface area contributed by atoms with E-state index in [1.807, 2.05) is 6.92 Å². The predicted octanol–water partition coefficient (Wildman–Crippen LogP) is 1.94. The van der Waals surface area contributed by atoms with Gasteiger partial charge in [0, 0.05) is 36.9 Å². The lowest BCUT2D eigenvalue weighted by molar-refractivity contribution is 0.0524. The summed E-state index contributed by atoms with van der Waals surface area (Å²) in [6.07, 6.45) is 2.95. The van der Waals surface area contributed by atoms with Crippen LogP contribution in [-0.4, -0.2) is 46.2 Å². The molecule has 3 aromatic rings. The molecular weight excluding hydrogens is 397 g/mol. The first-order valence-electron chi connectivity index (χ1n) is 9.24. The molecule has 0 spiro atoms. The Bertz CT molecular complexity index is 1120. The lowest BCUT2D eigenvalue weighted by Gasteiger charge is -2.19. The molecule has 0 amide bonds. The first-order chi connectivity index (χ1) is 13.9. The number of fused-ring (bicyclic) bond motifs is 1. The van der Waals surface area contributed by atoms with Crippen LogP contribution in [0.3, 0.4) is 0 Å². The SMILES string of the molecule is CCOC(=O)c1cn(-c2nccs2)c2nc(N3C[C@H](C)[C@@H](N)C3)c(F)cc2c1=O. The van der Waals surface area contributed by atoms with E-state index in [2.05, 4.69) is 9.97 Å². The first kappa shape index (κ1) is 19.5. The van der Waals surface area contributed by atoms with E-state index in [-0.39, 0.29) is 41.0 Å². The van der Waals surface area contributed by atoms with Gasteiger partial charge in [0.05, 0.1) is 12.0 Å². The topological polar surface area (TPSA) is 103 Å². The number of esters is 1. The van der Waals surface area contributed by atoms with Crippen molar-refractivity contribution in [3.8, 4) is 5.13 Å². The maximum Gasteiger partial charge on any atom is 0.343 e. The fourth-order valence-corrected chi connectivity index (χ4v) is 4.05. The highest BCUT2D eigenvalue weighted by atomic mass is 32.1. The summed E-state index contributed by atoms with van der Waals surface area (Å²) in [4.78, 5) is 35.6. The van der Waals surface area contributed by atoms with Gasteiger partial charge in [-0.2, -0.15) is 0 Å². The van der Waals surface area contributed by atoms with Crippen LogP contribution < -0.4 is 16.1 Å². The number of rotatable bonds is 4. The number of halogens is 1. The molecule has 0 aliphatic carbocycles. The van der Waals surface area contributed by atoms with Crippen LogP contribution in [0.1, 0.15) is 24.2 Å². The third-order valence-corrected chi connectivity index (χ3v) is 5.77. The standard InChI is InChI=1S/C19H20FN5O3S/c1-3-28-18(27)12-8-25(19-22-4-5-29-19)16-11(15(12)26)6-13(20)17(23-16)24-7-10(2)14(21)9-24/h4-6,8,10,14H,3,7,9,21H2,1-2H3/t10-,14-/m0/s1. The normalized spacial score (nSPS) is 19.1. The van der Waals surface area contributed by atoms with Crippen molar-refractivity contribution in [1.29, 1.82) is 0 Å². The van der Waals surface area contributed by atoms with Crippen LogP contribution >= 0.6 is 11.3 Å². The second-order valence-electron chi connectivity index (χ2n) is 6.99. The van der Waals surface area contributed by atoms with Gasteiger partial charge in [0.1, 0.15) is 5.56 Å². The Morgan fingerprint density at radius 1 is 1.45 bits per heavy atom. The van der Waals surface area contributed by atoms with Crippen molar-refractivity contribution in [2.75, 3.05) is 24.6 Å². The van der Waals surface area contributed by atoms with E-state index in [1.54, 1.807) is 23.4 Å². The smallest absolute Gasteiger partial charge is 0.343 e. The first-order valence-corrected chi connectivity index (χ1v) is 10.1. The van der Waals surface area contributed by atoms with Gasteiger partial charge >= 0.3 is 5.97 Å². The molecule has 10 heteroatoms. The molecule has 0 radical (unpaired) electrons. The van der Waals surface area contributed by atoms with Gasteiger partial charge in [-0.3, -0.25) is 9.36 Å². The van der Waals surface area contributed by atoms with Crippen molar-refractivity contribution in [2.24, 2.45) is 11.7 Å². The van der Waals surface area contributed by atoms with Crippen LogP contribution in [0, 0.1) is 11.7 Å². The van der Waals surface area contributed by atoms with Crippen LogP contribution in [0.5, 0.6) is 0 Å². The van der Waals surface area contributed by atoms with Crippen LogP contribution in [0.25, 0.3) is 16.2 Å². The zero-order chi connectivity index (χ0) is 20.7. The maximum absolute atomic E-state index is 14.9. The van der Waals surface area contributed by atoms with Gasteiger partial charge in [-0.25, -0.2) is 19.2 Å². The Hall–Kier alpha value is -2.85. The number of ether oxygens (including phenoxy) is 1. The molecule has 0 bridgehead atoms. The number of anilines is 1. The second-order valence-corrected chi connectivity index (χ2v) is 7.86. The minimum atomic E-state index is -0.770. The van der Waals surface area contributed by atoms with Crippen LogP contribution in [0.15, 0.2) is 28.6 Å². The van der Waals surface area contributed by atoms with Gasteiger partial charge < -0.3 is 15.4 Å². The number of nitrogens with two attached hydrogens (primary N) is 1. The molecule has 0 saturated carbocycles. The number of thiazole rings is 1. The van der Waals surface area contributed by atoms with E-state index in [0.29, 0.717) is 18.2 Å². The monoisotopic (exact) mass is 417 g/mol. The predicted molar refractivity (Wildman–Crippen MR) is 108 cm³/mol. The van der Waals surface area contributed by atoms with Crippen molar-refractivity contribution in [3.63, 3.8) is 0 Å². The number of nitrogens with zero attached hydrogens (tertiary/aromatic N) is 4. The third-order valence-electron chi connectivity index (χ3n) is 5.00. The summed E-state index contributed by atoms with van der Waals surface area (Å²) in [6.45, 7) is 4.80. The van der Waals surface area contributed by atoms with Crippen LogP contribution in [0.2, 0.25) is 0 Å². The number of hydrogen-bond acceptors (Lipinski definition) is 8. The highest BCUT2D eigenvalue weighted by Gasteiger charge is 2.30. The van der Waals surface area contributed by atoms with Gasteiger partial charge in [-0.05, 0) is 18.9 Å². The van der Waals surface area contributed by atoms with Crippen molar-refractivity contribution in [3.05, 3.63) is 45.4 Å². The molecule has 0 aromatic carbocycles. The molecule has 8 nitrogen and oxygen atoms in total. The minimum Gasteiger partial charge on any atom is -0.462 e. The van der Waals surface area contributed by atoms with Gasteiger partial charge in [0.25, 0.3) is 0 Å². The van der Waals surface area contributed by atoms with Crippen LogP contribution in [0.4, 0.5) is 10.2 Å². The summed E-state index contributed by atoms with van der Waals surface area (Å²) >= 11 is 1.30. The van der Waals surface area contributed by atoms with Crippen molar-refractivity contribution in [1.82, 2.24) is 14.5 Å². The minimum absolute atomic E-state index is 0.0106. The highest BCUT2D eigenvalue weighted by Crippen LogP contribution is 2.27. The Morgan fingerprint density at radius 3 is 2.86 bits per heavy atom. The van der Waals surface area contributed by atoms with Gasteiger partial charge in [-0.1, -0.05) is 6.92 Å². The highest BCUT2D eigenvalue weighted by molar-refractivity contribution is 7.12. The largest absolute Gasteiger partial charge is 0.462 e. The molecular formula is C19H20FN5O3S. The molecule has 2 N–H and O–H groups in total. The second kappa shape index (κ2) is 7.53. The molecule has 2 atom stereocenters. The zero-order valence-electron chi connectivity index (χ0n) is 16.0. The van der Waals surface area contributed by atoms with Crippen LogP contribution in [-0.2, 0) is 4.74 Å². The average molecular weight is 417 g/mol. The Labute approximate surface area is 169 Å².